The topological polar surface area (TPSA) is 55.5 Å². The summed E-state index contributed by atoms with van der Waals surface area (Å²) in [4.78, 5) is 0. The lowest BCUT2D eigenvalue weighted by Crippen LogP contribution is -1.90. The molecular weight excluding hydrogens is 285 g/mol. The van der Waals surface area contributed by atoms with Crippen LogP contribution in [-0.2, 0) is 6.61 Å². The number of aromatic nitrogens is 1. The quantitative estimate of drug-likeness (QED) is 0.799. The molecule has 0 radical (unpaired) electrons. The number of ether oxygens (including phenoxy) is 1. The van der Waals surface area contributed by atoms with E-state index in [9.17, 15) is 9.50 Å². The number of hydrogen-bond acceptors (Lipinski definition) is 4. The zero-order valence-corrected chi connectivity index (χ0v) is 11.9. The summed E-state index contributed by atoms with van der Waals surface area (Å²) in [5.74, 6) is 0.787. The van der Waals surface area contributed by atoms with Gasteiger partial charge in [-0.3, -0.25) is 0 Å². The number of halogens is 1. The van der Waals surface area contributed by atoms with Crippen LogP contribution in [0.15, 0.2) is 53.1 Å². The van der Waals surface area contributed by atoms with E-state index in [4.69, 9.17) is 9.26 Å². The van der Waals surface area contributed by atoms with Crippen molar-refractivity contribution in [3.63, 3.8) is 0 Å². The van der Waals surface area contributed by atoms with Crippen LogP contribution in [-0.4, -0.2) is 17.4 Å². The summed E-state index contributed by atoms with van der Waals surface area (Å²) >= 11 is 0. The van der Waals surface area contributed by atoms with Crippen LogP contribution in [0.4, 0.5) is 4.39 Å². The van der Waals surface area contributed by atoms with E-state index in [1.807, 2.05) is 24.3 Å². The number of benzene rings is 2. The van der Waals surface area contributed by atoms with E-state index in [1.54, 1.807) is 19.2 Å². The Labute approximate surface area is 126 Å². The lowest BCUT2D eigenvalue weighted by Gasteiger charge is -2.04. The molecule has 0 saturated heterocycles. The van der Waals surface area contributed by atoms with Crippen LogP contribution in [0.2, 0.25) is 0 Å². The lowest BCUT2D eigenvalue weighted by atomic mass is 10.0. The Morgan fingerprint density at radius 2 is 1.91 bits per heavy atom. The third kappa shape index (κ3) is 2.58. The van der Waals surface area contributed by atoms with Crippen LogP contribution in [0.25, 0.3) is 22.6 Å². The summed E-state index contributed by atoms with van der Waals surface area (Å²) in [6, 6.07) is 13.2. The lowest BCUT2D eigenvalue weighted by molar-refractivity contribution is 0.281. The van der Waals surface area contributed by atoms with Crippen LogP contribution in [0.1, 0.15) is 5.56 Å². The average molecular weight is 299 g/mol. The summed E-state index contributed by atoms with van der Waals surface area (Å²) in [5.41, 5.74) is 2.54. The van der Waals surface area contributed by atoms with E-state index in [2.05, 4.69) is 5.16 Å². The van der Waals surface area contributed by atoms with Gasteiger partial charge in [0.15, 0.2) is 5.76 Å². The van der Waals surface area contributed by atoms with Crippen LogP contribution in [0, 0.1) is 5.82 Å². The van der Waals surface area contributed by atoms with Crippen molar-refractivity contribution in [2.75, 3.05) is 7.11 Å². The Balaban J connectivity index is 2.08. The molecule has 0 fully saturated rings. The van der Waals surface area contributed by atoms with Crippen molar-refractivity contribution < 1.29 is 18.8 Å². The minimum Gasteiger partial charge on any atom is -0.497 e. The van der Waals surface area contributed by atoms with Gasteiger partial charge < -0.3 is 14.4 Å². The summed E-state index contributed by atoms with van der Waals surface area (Å²) in [6.07, 6.45) is 0. The highest BCUT2D eigenvalue weighted by Gasteiger charge is 2.18. The fourth-order valence-corrected chi connectivity index (χ4v) is 2.28. The predicted octanol–water partition coefficient (Wildman–Crippen LogP) is 3.65. The molecule has 0 atom stereocenters. The molecule has 5 heteroatoms. The van der Waals surface area contributed by atoms with Gasteiger partial charge in [0.1, 0.15) is 17.3 Å². The molecule has 3 rings (SSSR count). The van der Waals surface area contributed by atoms with Crippen molar-refractivity contribution in [2.45, 2.75) is 6.61 Å². The van der Waals surface area contributed by atoms with Gasteiger partial charge in [0.25, 0.3) is 0 Å². The van der Waals surface area contributed by atoms with Gasteiger partial charge in [-0.2, -0.15) is 0 Å². The molecule has 0 aliphatic heterocycles. The second-order valence-corrected chi connectivity index (χ2v) is 4.74. The highest BCUT2D eigenvalue weighted by molar-refractivity contribution is 5.73. The molecule has 0 bridgehead atoms. The Bertz CT molecular complexity index is 781. The zero-order valence-electron chi connectivity index (χ0n) is 11.9. The zero-order chi connectivity index (χ0) is 15.5. The van der Waals surface area contributed by atoms with Gasteiger partial charge in [-0.25, -0.2) is 4.39 Å². The third-order valence-corrected chi connectivity index (χ3v) is 3.40. The van der Waals surface area contributed by atoms with Crippen molar-refractivity contribution in [3.05, 3.63) is 59.9 Å². The number of rotatable bonds is 4. The second-order valence-electron chi connectivity index (χ2n) is 4.74. The fourth-order valence-electron chi connectivity index (χ4n) is 2.28. The maximum atomic E-state index is 13.0. The number of hydrogen-bond donors (Lipinski definition) is 1. The summed E-state index contributed by atoms with van der Waals surface area (Å²) in [5, 5.41) is 13.7. The molecule has 4 nitrogen and oxygen atoms in total. The first kappa shape index (κ1) is 14.3. The van der Waals surface area contributed by atoms with E-state index in [0.29, 0.717) is 28.3 Å². The minimum atomic E-state index is -0.332. The molecule has 1 N–H and O–H groups in total. The van der Waals surface area contributed by atoms with Crippen molar-refractivity contribution in [1.82, 2.24) is 5.16 Å². The molecular formula is C17H14FNO3. The smallest absolute Gasteiger partial charge is 0.173 e. The maximum absolute atomic E-state index is 13.0. The molecule has 1 heterocycles. The molecule has 1 aromatic heterocycles. The molecule has 0 amide bonds. The second kappa shape index (κ2) is 5.99. The monoisotopic (exact) mass is 299 g/mol. The Kier molecular flexibility index (Phi) is 3.89. The van der Waals surface area contributed by atoms with E-state index in [0.717, 1.165) is 5.56 Å². The molecule has 3 aromatic rings. The molecule has 0 unspecified atom stereocenters. The summed E-state index contributed by atoms with van der Waals surface area (Å²) < 4.78 is 23.6. The van der Waals surface area contributed by atoms with E-state index < -0.39 is 0 Å². The van der Waals surface area contributed by atoms with Gasteiger partial charge in [0.2, 0.25) is 0 Å². The van der Waals surface area contributed by atoms with Gasteiger partial charge in [0.05, 0.1) is 19.3 Å². The van der Waals surface area contributed by atoms with Crippen LogP contribution in [0.3, 0.4) is 0 Å². The van der Waals surface area contributed by atoms with E-state index in [-0.39, 0.29) is 12.4 Å². The number of methoxy groups -OCH3 is 1. The van der Waals surface area contributed by atoms with Crippen molar-refractivity contribution in [2.24, 2.45) is 0 Å². The molecule has 112 valence electrons. The van der Waals surface area contributed by atoms with Gasteiger partial charge in [-0.05, 0) is 36.4 Å². The van der Waals surface area contributed by atoms with Crippen LogP contribution >= 0.6 is 0 Å². The highest BCUT2D eigenvalue weighted by Crippen LogP contribution is 2.33. The Morgan fingerprint density at radius 3 is 2.59 bits per heavy atom. The van der Waals surface area contributed by atoms with Crippen molar-refractivity contribution >= 4 is 0 Å². The first-order chi connectivity index (χ1) is 10.7. The average Bonchev–Trinajstić information content (AvgIpc) is 2.99. The SMILES string of the molecule is COc1cccc(-c2noc(-c3ccc(F)cc3)c2CO)c1. The van der Waals surface area contributed by atoms with Crippen molar-refractivity contribution in [1.29, 1.82) is 0 Å². The molecule has 0 saturated carbocycles. The largest absolute Gasteiger partial charge is 0.497 e. The van der Waals surface area contributed by atoms with Gasteiger partial charge in [-0.15, -0.1) is 0 Å². The number of aliphatic hydroxyl groups is 1. The first-order valence-electron chi connectivity index (χ1n) is 6.72. The van der Waals surface area contributed by atoms with Crippen LogP contribution < -0.4 is 4.74 Å². The Morgan fingerprint density at radius 1 is 1.14 bits per heavy atom. The molecule has 0 spiro atoms. The van der Waals surface area contributed by atoms with Crippen LogP contribution in [0.5, 0.6) is 5.75 Å². The Hall–Kier alpha value is -2.66. The molecule has 22 heavy (non-hydrogen) atoms. The number of aliphatic hydroxyl groups excluding tert-OH is 1. The summed E-state index contributed by atoms with van der Waals surface area (Å²) in [6.45, 7) is -0.233. The minimum absolute atomic E-state index is 0.233. The van der Waals surface area contributed by atoms with E-state index in [1.165, 1.54) is 12.1 Å². The van der Waals surface area contributed by atoms with Gasteiger partial charge in [0, 0.05) is 11.1 Å². The third-order valence-electron chi connectivity index (χ3n) is 3.40. The van der Waals surface area contributed by atoms with Gasteiger partial charge in [-0.1, -0.05) is 17.3 Å². The highest BCUT2D eigenvalue weighted by atomic mass is 19.1. The van der Waals surface area contributed by atoms with E-state index >= 15 is 0 Å². The van der Waals surface area contributed by atoms with Crippen molar-refractivity contribution in [3.8, 4) is 28.3 Å². The normalized spacial score (nSPS) is 10.7. The number of nitrogens with zero attached hydrogens (tertiary/aromatic N) is 1. The molecule has 2 aromatic carbocycles. The summed E-state index contributed by atoms with van der Waals surface area (Å²) in [7, 11) is 1.58. The maximum Gasteiger partial charge on any atom is 0.173 e. The predicted molar refractivity (Wildman–Crippen MR) is 79.8 cm³/mol. The van der Waals surface area contributed by atoms with Gasteiger partial charge >= 0.3 is 0 Å². The standard InChI is InChI=1S/C17H14FNO3/c1-21-14-4-2-3-12(9-14)16-15(10-20)17(22-19-16)11-5-7-13(18)8-6-11/h2-9,20H,10H2,1H3. The fraction of sp³-hybridized carbons (Fsp3) is 0.118. The first-order valence-corrected chi connectivity index (χ1v) is 6.72. The molecule has 0 aliphatic rings. The molecule has 0 aliphatic carbocycles.